The van der Waals surface area contributed by atoms with Gasteiger partial charge in [0, 0.05) is 9.50 Å². The number of amides is 2. The van der Waals surface area contributed by atoms with Gasteiger partial charge in [0.2, 0.25) is 0 Å². The molecule has 0 spiro atoms. The molecule has 7 heteroatoms. The quantitative estimate of drug-likeness (QED) is 0.454. The van der Waals surface area contributed by atoms with Gasteiger partial charge in [-0.05, 0) is 60.3 Å². The summed E-state index contributed by atoms with van der Waals surface area (Å²) in [5.41, 5.74) is 1.23. The molecule has 0 aromatic heterocycles. The van der Waals surface area contributed by atoms with Gasteiger partial charge in [0.15, 0.2) is 5.11 Å². The lowest BCUT2D eigenvalue weighted by atomic mass is 10.1. The van der Waals surface area contributed by atoms with Crippen LogP contribution in [0.4, 0.5) is 5.69 Å². The number of nitrogens with one attached hydrogen (secondary N) is 1. The zero-order chi connectivity index (χ0) is 17.3. The van der Waals surface area contributed by atoms with Gasteiger partial charge in [-0.15, -0.1) is 0 Å². The molecule has 1 fully saturated rings. The smallest absolute Gasteiger partial charge is 0.270 e. The average molecular weight is 422 g/mol. The molecule has 1 saturated heterocycles. The number of anilines is 1. The molecule has 1 heterocycles. The van der Waals surface area contributed by atoms with E-state index in [-0.39, 0.29) is 10.7 Å². The Balaban J connectivity index is 2.01. The van der Waals surface area contributed by atoms with E-state index in [9.17, 15) is 9.59 Å². The number of rotatable bonds is 2. The Morgan fingerprint density at radius 2 is 1.83 bits per heavy atom. The second-order valence-corrected chi connectivity index (χ2v) is 6.73. The second kappa shape index (κ2) is 6.84. The van der Waals surface area contributed by atoms with E-state index >= 15 is 0 Å². The summed E-state index contributed by atoms with van der Waals surface area (Å²) in [4.78, 5) is 26.3. The average Bonchev–Trinajstić information content (AvgIpc) is 2.53. The summed E-state index contributed by atoms with van der Waals surface area (Å²) in [6.45, 7) is 0. The highest BCUT2D eigenvalue weighted by Crippen LogP contribution is 2.24. The van der Waals surface area contributed by atoms with E-state index in [1.165, 1.54) is 11.0 Å². The van der Waals surface area contributed by atoms with Gasteiger partial charge in [-0.2, -0.15) is 0 Å². The van der Waals surface area contributed by atoms with Crippen molar-refractivity contribution in [1.29, 1.82) is 0 Å². The van der Waals surface area contributed by atoms with Gasteiger partial charge in [0.25, 0.3) is 11.8 Å². The molecule has 1 aliphatic heterocycles. The van der Waals surface area contributed by atoms with E-state index in [1.807, 2.05) is 0 Å². The lowest BCUT2D eigenvalue weighted by Gasteiger charge is -2.29. The van der Waals surface area contributed by atoms with Crippen molar-refractivity contribution in [1.82, 2.24) is 5.32 Å². The monoisotopic (exact) mass is 420 g/mol. The maximum atomic E-state index is 12.8. The zero-order valence-corrected chi connectivity index (χ0v) is 15.3. The van der Waals surface area contributed by atoms with Crippen molar-refractivity contribution in [2.75, 3.05) is 4.90 Å². The van der Waals surface area contributed by atoms with E-state index in [0.29, 0.717) is 16.3 Å². The van der Waals surface area contributed by atoms with Crippen molar-refractivity contribution in [2.24, 2.45) is 0 Å². The molecule has 2 aromatic carbocycles. The van der Waals surface area contributed by atoms with E-state index < -0.39 is 11.8 Å². The molecule has 3 rings (SSSR count). The first-order chi connectivity index (χ1) is 11.5. The molecule has 0 aliphatic carbocycles. The first kappa shape index (κ1) is 16.8. The molecule has 0 saturated carbocycles. The number of hydrogen-bond acceptors (Lipinski definition) is 3. The Labute approximate surface area is 157 Å². The standard InChI is InChI=1S/C17H10BrClN2O2S/c18-11-4-6-13(7-5-11)21-16(23)14(15(22)20-17(21)24)9-10-2-1-3-12(19)8-10/h1-9H,(H,20,22,24)/b14-9-. The van der Waals surface area contributed by atoms with Gasteiger partial charge in [0.1, 0.15) is 5.57 Å². The number of halogens is 2. The van der Waals surface area contributed by atoms with Crippen LogP contribution in [0.2, 0.25) is 5.02 Å². The van der Waals surface area contributed by atoms with Crippen molar-refractivity contribution in [2.45, 2.75) is 0 Å². The fourth-order valence-corrected chi connectivity index (χ4v) is 2.99. The number of thiocarbonyl (C=S) groups is 1. The fraction of sp³-hybridized carbons (Fsp3) is 0. The molecule has 0 unspecified atom stereocenters. The molecular formula is C17H10BrClN2O2S. The van der Waals surface area contributed by atoms with Crippen LogP contribution in [0, 0.1) is 0 Å². The van der Waals surface area contributed by atoms with Crippen molar-refractivity contribution in [3.8, 4) is 0 Å². The number of carbonyl (C=O) groups excluding carboxylic acids is 2. The first-order valence-corrected chi connectivity index (χ1v) is 8.46. The topological polar surface area (TPSA) is 49.4 Å². The minimum Gasteiger partial charge on any atom is -0.298 e. The number of carbonyl (C=O) groups is 2. The molecule has 2 aromatic rings. The molecule has 120 valence electrons. The van der Waals surface area contributed by atoms with Gasteiger partial charge < -0.3 is 0 Å². The van der Waals surface area contributed by atoms with Crippen LogP contribution in [0.25, 0.3) is 6.08 Å². The largest absolute Gasteiger partial charge is 0.298 e. The molecule has 4 nitrogen and oxygen atoms in total. The summed E-state index contributed by atoms with van der Waals surface area (Å²) in [5, 5.41) is 3.12. The van der Waals surface area contributed by atoms with Crippen LogP contribution >= 0.6 is 39.7 Å². The van der Waals surface area contributed by atoms with Gasteiger partial charge in [-0.1, -0.05) is 39.7 Å². The molecule has 0 atom stereocenters. The fourth-order valence-electron chi connectivity index (χ4n) is 2.25. The van der Waals surface area contributed by atoms with E-state index in [4.69, 9.17) is 23.8 Å². The van der Waals surface area contributed by atoms with Gasteiger partial charge in [-0.3, -0.25) is 19.8 Å². The third kappa shape index (κ3) is 3.40. The Hall–Kier alpha value is -2.02. The van der Waals surface area contributed by atoms with Crippen LogP contribution in [-0.2, 0) is 9.59 Å². The molecule has 24 heavy (non-hydrogen) atoms. The normalized spacial score (nSPS) is 16.5. The minimum absolute atomic E-state index is 0.00575. The highest BCUT2D eigenvalue weighted by atomic mass is 79.9. The molecule has 1 N–H and O–H groups in total. The van der Waals surface area contributed by atoms with Crippen LogP contribution < -0.4 is 10.2 Å². The predicted octanol–water partition coefficient (Wildman–Crippen LogP) is 3.93. The minimum atomic E-state index is -0.529. The van der Waals surface area contributed by atoms with Gasteiger partial charge in [-0.25, -0.2) is 0 Å². The van der Waals surface area contributed by atoms with Crippen LogP contribution in [0.5, 0.6) is 0 Å². The zero-order valence-electron chi connectivity index (χ0n) is 12.1. The highest BCUT2D eigenvalue weighted by molar-refractivity contribution is 9.10. The first-order valence-electron chi connectivity index (χ1n) is 6.88. The van der Waals surface area contributed by atoms with Crippen molar-refractivity contribution in [3.63, 3.8) is 0 Å². The van der Waals surface area contributed by atoms with Gasteiger partial charge >= 0.3 is 0 Å². The SMILES string of the molecule is O=C1NC(=S)N(c2ccc(Br)cc2)C(=O)/C1=C\c1cccc(Cl)c1. The number of hydrogen-bond donors (Lipinski definition) is 1. The maximum Gasteiger partial charge on any atom is 0.270 e. The maximum absolute atomic E-state index is 12.8. The van der Waals surface area contributed by atoms with Crippen LogP contribution in [-0.4, -0.2) is 16.9 Å². The summed E-state index contributed by atoms with van der Waals surface area (Å²) in [6, 6.07) is 14.0. The third-order valence-electron chi connectivity index (χ3n) is 3.35. The summed E-state index contributed by atoms with van der Waals surface area (Å²) in [6.07, 6.45) is 1.50. The second-order valence-electron chi connectivity index (χ2n) is 4.99. The van der Waals surface area contributed by atoms with Crippen molar-refractivity contribution >= 4 is 68.4 Å². The molecular weight excluding hydrogens is 412 g/mol. The summed E-state index contributed by atoms with van der Waals surface area (Å²) in [7, 11) is 0. The molecule has 1 aliphatic rings. The van der Waals surface area contributed by atoms with Gasteiger partial charge in [0.05, 0.1) is 5.69 Å². The number of benzene rings is 2. The Kier molecular flexibility index (Phi) is 4.80. The van der Waals surface area contributed by atoms with Crippen LogP contribution in [0.15, 0.2) is 58.6 Å². The lowest BCUT2D eigenvalue weighted by molar-refractivity contribution is -0.122. The molecule has 0 radical (unpaired) electrons. The Morgan fingerprint density at radius 1 is 1.12 bits per heavy atom. The molecule has 2 amide bonds. The third-order valence-corrected chi connectivity index (χ3v) is 4.39. The van der Waals surface area contributed by atoms with E-state index in [1.54, 1.807) is 48.5 Å². The Morgan fingerprint density at radius 3 is 2.50 bits per heavy atom. The summed E-state index contributed by atoms with van der Waals surface area (Å²) in [5.74, 6) is -1.01. The van der Waals surface area contributed by atoms with Crippen LogP contribution in [0.1, 0.15) is 5.56 Å². The van der Waals surface area contributed by atoms with Crippen molar-refractivity contribution in [3.05, 3.63) is 69.2 Å². The summed E-state index contributed by atoms with van der Waals surface area (Å²) < 4.78 is 0.875. The van der Waals surface area contributed by atoms with E-state index in [0.717, 1.165) is 4.47 Å². The molecule has 0 bridgehead atoms. The number of nitrogens with zero attached hydrogens (tertiary/aromatic N) is 1. The van der Waals surface area contributed by atoms with E-state index in [2.05, 4.69) is 21.2 Å². The predicted molar refractivity (Wildman–Crippen MR) is 102 cm³/mol. The Bertz CT molecular complexity index is 880. The highest BCUT2D eigenvalue weighted by Gasteiger charge is 2.34. The van der Waals surface area contributed by atoms with Crippen molar-refractivity contribution < 1.29 is 9.59 Å². The lowest BCUT2D eigenvalue weighted by Crippen LogP contribution is -2.54. The van der Waals surface area contributed by atoms with Crippen LogP contribution in [0.3, 0.4) is 0 Å². The summed E-state index contributed by atoms with van der Waals surface area (Å²) >= 11 is 14.4.